The van der Waals surface area contributed by atoms with Crippen LogP contribution >= 0.6 is 0 Å². The van der Waals surface area contributed by atoms with Crippen molar-refractivity contribution in [2.75, 3.05) is 0 Å². The maximum atomic E-state index is 11.5. The third-order valence-corrected chi connectivity index (χ3v) is 2.18. The van der Waals surface area contributed by atoms with Crippen LogP contribution in [-0.4, -0.2) is 17.5 Å². The summed E-state index contributed by atoms with van der Waals surface area (Å²) in [6, 6.07) is 1.55. The Morgan fingerprint density at radius 1 is 1.44 bits per heavy atom. The maximum Gasteiger partial charge on any atom is 0.383 e. The lowest BCUT2D eigenvalue weighted by molar-refractivity contribution is -0.108. The van der Waals surface area contributed by atoms with Gasteiger partial charge in [-0.2, -0.15) is 0 Å². The molecule has 1 N–H and O–H groups in total. The normalized spacial score (nSPS) is 23.7. The number of hydrogen-bond donors (Lipinski definition) is 1. The zero-order valence-corrected chi connectivity index (χ0v) is 8.97. The molecule has 0 aliphatic carbocycles. The maximum absolute atomic E-state index is 11.5. The number of aliphatic hydroxyl groups excluding tert-OH is 1. The van der Waals surface area contributed by atoms with Crippen molar-refractivity contribution in [1.29, 1.82) is 0 Å². The average molecular weight is 224 g/mol. The molecule has 1 aliphatic rings. The van der Waals surface area contributed by atoms with Crippen molar-refractivity contribution < 1.29 is 19.0 Å². The molecule has 0 aromatic carbocycles. The summed E-state index contributed by atoms with van der Waals surface area (Å²) in [5, 5.41) is 9.38. The van der Waals surface area contributed by atoms with E-state index < -0.39 is 18.0 Å². The highest BCUT2D eigenvalue weighted by atomic mass is 16.7. The molecule has 86 valence electrons. The Morgan fingerprint density at radius 3 is 2.88 bits per heavy atom. The summed E-state index contributed by atoms with van der Waals surface area (Å²) in [5.41, 5.74) is -0.656. The number of aliphatic hydroxyl groups is 1. The van der Waals surface area contributed by atoms with Crippen molar-refractivity contribution in [3.63, 3.8) is 0 Å². The molecular formula is C11H12O5. The Bertz CT molecular complexity index is 474. The van der Waals surface area contributed by atoms with Gasteiger partial charge in [-0.25, -0.2) is 4.79 Å². The molecule has 16 heavy (non-hydrogen) atoms. The van der Waals surface area contributed by atoms with E-state index >= 15 is 0 Å². The molecule has 1 aliphatic heterocycles. The number of ether oxygens (including phenoxy) is 2. The van der Waals surface area contributed by atoms with Crippen molar-refractivity contribution in [1.82, 2.24) is 0 Å². The van der Waals surface area contributed by atoms with Gasteiger partial charge >= 0.3 is 5.63 Å². The molecule has 1 aromatic heterocycles. The summed E-state index contributed by atoms with van der Waals surface area (Å²) in [6.45, 7) is 3.46. The fourth-order valence-corrected chi connectivity index (χ4v) is 1.39. The monoisotopic (exact) mass is 224 g/mol. The number of rotatable bonds is 1. The summed E-state index contributed by atoms with van der Waals surface area (Å²) in [5.74, 6) is 0.597. The first-order valence-corrected chi connectivity index (χ1v) is 4.94. The van der Waals surface area contributed by atoms with Gasteiger partial charge in [-0.05, 0) is 19.9 Å². The molecule has 0 amide bonds. The summed E-state index contributed by atoms with van der Waals surface area (Å²) in [6.07, 6.45) is 1.71. The van der Waals surface area contributed by atoms with Gasteiger partial charge in [0, 0.05) is 6.07 Å². The molecule has 1 aromatic rings. The van der Waals surface area contributed by atoms with E-state index in [0.29, 0.717) is 11.5 Å². The van der Waals surface area contributed by atoms with Crippen molar-refractivity contribution in [2.24, 2.45) is 0 Å². The van der Waals surface area contributed by atoms with Gasteiger partial charge in [-0.15, -0.1) is 0 Å². The number of fused-ring (bicyclic) bond motifs is 1. The lowest BCUT2D eigenvalue weighted by Gasteiger charge is -2.27. The summed E-state index contributed by atoms with van der Waals surface area (Å²) < 4.78 is 15.3. The van der Waals surface area contributed by atoms with Gasteiger partial charge < -0.3 is 19.0 Å². The lowest BCUT2D eigenvalue weighted by atomic mass is 10.3. The smallest absolute Gasteiger partial charge is 0.383 e. The van der Waals surface area contributed by atoms with Gasteiger partial charge in [-0.3, -0.25) is 0 Å². The van der Waals surface area contributed by atoms with Crippen LogP contribution in [-0.2, 0) is 0 Å². The molecule has 2 atom stereocenters. The van der Waals surface area contributed by atoms with Crippen molar-refractivity contribution in [3.8, 4) is 11.5 Å². The van der Waals surface area contributed by atoms with Gasteiger partial charge in [0.25, 0.3) is 5.75 Å². The van der Waals surface area contributed by atoms with Crippen LogP contribution in [0.4, 0.5) is 0 Å². The number of allylic oxidation sites excluding steroid dienone is 1. The van der Waals surface area contributed by atoms with Crippen molar-refractivity contribution in [3.05, 3.63) is 28.3 Å². The summed E-state index contributed by atoms with van der Waals surface area (Å²) in [7, 11) is 0. The Labute approximate surface area is 91.9 Å². The van der Waals surface area contributed by atoms with E-state index in [2.05, 4.69) is 0 Å². The molecule has 5 heteroatoms. The standard InChI is InChI=1S/C11H12O5/c1-3-4-7-5-8-9(11(13)15-7)16-10(12)6(2)14-8/h3-6,10,12H,1-2H3/b4-3+/t6?,10-/m0/s1. The number of hydrogen-bond acceptors (Lipinski definition) is 5. The Hall–Kier alpha value is -1.75. The molecule has 0 radical (unpaired) electrons. The molecule has 0 spiro atoms. The van der Waals surface area contributed by atoms with Gasteiger partial charge in [0.2, 0.25) is 6.29 Å². The molecular weight excluding hydrogens is 212 g/mol. The Morgan fingerprint density at radius 2 is 2.19 bits per heavy atom. The molecule has 1 unspecified atom stereocenters. The zero-order chi connectivity index (χ0) is 11.7. The Kier molecular flexibility index (Phi) is 2.70. The van der Waals surface area contributed by atoms with Gasteiger partial charge in [0.05, 0.1) is 0 Å². The quantitative estimate of drug-likeness (QED) is 0.774. The van der Waals surface area contributed by atoms with Crippen LogP contribution in [0.1, 0.15) is 19.6 Å². The summed E-state index contributed by atoms with van der Waals surface area (Å²) in [4.78, 5) is 11.5. The minimum absolute atomic E-state index is 0.0844. The second-order valence-electron chi connectivity index (χ2n) is 3.46. The predicted molar refractivity (Wildman–Crippen MR) is 56.4 cm³/mol. The third-order valence-electron chi connectivity index (χ3n) is 2.18. The average Bonchev–Trinajstić information content (AvgIpc) is 2.22. The van der Waals surface area contributed by atoms with Crippen LogP contribution in [0.2, 0.25) is 0 Å². The van der Waals surface area contributed by atoms with Crippen LogP contribution in [0.5, 0.6) is 11.5 Å². The largest absolute Gasteiger partial charge is 0.480 e. The second-order valence-corrected chi connectivity index (χ2v) is 3.46. The highest BCUT2D eigenvalue weighted by Crippen LogP contribution is 2.31. The molecule has 0 saturated carbocycles. The molecule has 0 saturated heterocycles. The van der Waals surface area contributed by atoms with E-state index in [4.69, 9.17) is 13.9 Å². The van der Waals surface area contributed by atoms with Crippen LogP contribution in [0.15, 0.2) is 21.4 Å². The molecule has 0 fully saturated rings. The van der Waals surface area contributed by atoms with Crippen molar-refractivity contribution in [2.45, 2.75) is 26.2 Å². The minimum Gasteiger partial charge on any atom is -0.480 e. The predicted octanol–water partition coefficient (Wildman–Crippen LogP) is 1.15. The van der Waals surface area contributed by atoms with Gasteiger partial charge in [0.15, 0.2) is 11.9 Å². The second kappa shape index (κ2) is 4.02. The fraction of sp³-hybridized carbons (Fsp3) is 0.364. The van der Waals surface area contributed by atoms with Crippen LogP contribution in [0.3, 0.4) is 0 Å². The molecule has 2 heterocycles. The van der Waals surface area contributed by atoms with E-state index in [1.54, 1.807) is 25.1 Å². The SMILES string of the molecule is C/C=C/c1cc2c(c(=O)o1)O[C@H](O)C(C)O2. The fourth-order valence-electron chi connectivity index (χ4n) is 1.39. The Balaban J connectivity index is 2.48. The van der Waals surface area contributed by atoms with Gasteiger partial charge in [-0.1, -0.05) is 6.08 Å². The summed E-state index contributed by atoms with van der Waals surface area (Å²) >= 11 is 0. The van der Waals surface area contributed by atoms with E-state index in [1.165, 1.54) is 0 Å². The highest BCUT2D eigenvalue weighted by molar-refractivity contribution is 5.49. The molecule has 5 nitrogen and oxygen atoms in total. The van der Waals surface area contributed by atoms with E-state index in [0.717, 1.165) is 0 Å². The first-order valence-electron chi connectivity index (χ1n) is 4.94. The lowest BCUT2D eigenvalue weighted by Crippen LogP contribution is -2.39. The molecule has 0 bridgehead atoms. The van der Waals surface area contributed by atoms with Crippen molar-refractivity contribution >= 4 is 6.08 Å². The van der Waals surface area contributed by atoms with E-state index in [9.17, 15) is 9.90 Å². The highest BCUT2D eigenvalue weighted by Gasteiger charge is 2.29. The van der Waals surface area contributed by atoms with Crippen LogP contribution in [0, 0.1) is 0 Å². The zero-order valence-electron chi connectivity index (χ0n) is 8.97. The van der Waals surface area contributed by atoms with Crippen LogP contribution < -0.4 is 15.1 Å². The van der Waals surface area contributed by atoms with Crippen LogP contribution in [0.25, 0.3) is 6.08 Å². The minimum atomic E-state index is -1.15. The third kappa shape index (κ3) is 1.81. The van der Waals surface area contributed by atoms with E-state index in [-0.39, 0.29) is 5.75 Å². The first-order chi connectivity index (χ1) is 7.61. The molecule has 2 rings (SSSR count). The van der Waals surface area contributed by atoms with E-state index in [1.807, 2.05) is 6.92 Å². The first kappa shape index (κ1) is 10.8. The topological polar surface area (TPSA) is 68.9 Å². The van der Waals surface area contributed by atoms with Gasteiger partial charge in [0.1, 0.15) is 5.76 Å².